The van der Waals surface area contributed by atoms with Gasteiger partial charge in [0.1, 0.15) is 52.0 Å². The van der Waals surface area contributed by atoms with Crippen molar-refractivity contribution in [1.82, 2.24) is 0 Å². The summed E-state index contributed by atoms with van der Waals surface area (Å²) in [6.07, 6.45) is -0.133. The number of benzene rings is 4. The highest BCUT2D eigenvalue weighted by atomic mass is 19.4. The molecule has 0 N–H and O–H groups in total. The molecule has 0 spiro atoms. The first-order valence-electron chi connectivity index (χ1n) is 16.5. The summed E-state index contributed by atoms with van der Waals surface area (Å²) >= 11 is 0. The van der Waals surface area contributed by atoms with E-state index in [2.05, 4.69) is 6.58 Å². The normalized spacial score (nSPS) is 12.2. The molecule has 4 nitrogen and oxygen atoms in total. The van der Waals surface area contributed by atoms with E-state index in [9.17, 15) is 39.5 Å². The standard InChI is InChI=1S/C39H37F9O4/c1-3-37(51-16-8-4-6-14-49-27-10-12-29(33(42)22-27)25-18-31(40)24(2)32(41)19-25)52-17-9-5-7-15-50-28-11-13-30(34(43)23-28)26-20-35(44)38(36(45)21-26)39(46,47)48/h3,10-13,18-23,37H,1,4-9,14-17H2,2H3. The Balaban J connectivity index is 1.06. The van der Waals surface area contributed by atoms with Crippen LogP contribution in [0.25, 0.3) is 22.3 Å². The third-order valence-corrected chi connectivity index (χ3v) is 7.98. The summed E-state index contributed by atoms with van der Waals surface area (Å²) in [4.78, 5) is 0. The van der Waals surface area contributed by atoms with E-state index in [-0.39, 0.29) is 40.2 Å². The van der Waals surface area contributed by atoms with E-state index in [1.54, 1.807) is 6.07 Å². The number of alkyl halides is 3. The minimum Gasteiger partial charge on any atom is -0.493 e. The molecule has 4 aromatic carbocycles. The van der Waals surface area contributed by atoms with Crippen molar-refractivity contribution >= 4 is 0 Å². The van der Waals surface area contributed by atoms with Crippen molar-refractivity contribution in [2.24, 2.45) is 0 Å². The SMILES string of the molecule is C=CC(OCCCCCOc1ccc(-c2cc(F)c(C)c(F)c2)c(F)c1)OCCCCCOc1ccc(-c2cc(F)c(C(F)(F)F)c(F)c2)c(F)c1. The van der Waals surface area contributed by atoms with Crippen LogP contribution in [-0.4, -0.2) is 32.7 Å². The Kier molecular flexibility index (Phi) is 14.6. The summed E-state index contributed by atoms with van der Waals surface area (Å²) in [5.74, 6) is -6.28. The third kappa shape index (κ3) is 11.3. The molecule has 4 aromatic rings. The maximum atomic E-state index is 14.6. The van der Waals surface area contributed by atoms with Crippen LogP contribution >= 0.6 is 0 Å². The second kappa shape index (κ2) is 18.8. The lowest BCUT2D eigenvalue weighted by Crippen LogP contribution is -2.16. The molecule has 0 amide bonds. The molecule has 0 saturated heterocycles. The minimum atomic E-state index is -5.22. The van der Waals surface area contributed by atoms with Crippen molar-refractivity contribution < 1.29 is 58.5 Å². The summed E-state index contributed by atoms with van der Waals surface area (Å²) in [6, 6.07) is 10.7. The smallest absolute Gasteiger partial charge is 0.422 e. The highest BCUT2D eigenvalue weighted by Gasteiger charge is 2.38. The summed E-state index contributed by atoms with van der Waals surface area (Å²) < 4.78 is 146. The minimum absolute atomic E-state index is 0.0677. The van der Waals surface area contributed by atoms with E-state index in [4.69, 9.17) is 18.9 Å². The van der Waals surface area contributed by atoms with Crippen molar-refractivity contribution in [1.29, 1.82) is 0 Å². The average molecular weight is 741 g/mol. The molecule has 0 bridgehead atoms. The van der Waals surface area contributed by atoms with Crippen LogP contribution in [0, 0.1) is 41.8 Å². The van der Waals surface area contributed by atoms with Gasteiger partial charge in [-0.3, -0.25) is 0 Å². The molecule has 0 aliphatic heterocycles. The Morgan fingerprint density at radius 1 is 0.558 bits per heavy atom. The summed E-state index contributed by atoms with van der Waals surface area (Å²) in [5, 5.41) is 0. The fourth-order valence-corrected chi connectivity index (χ4v) is 5.16. The summed E-state index contributed by atoms with van der Waals surface area (Å²) in [7, 11) is 0. The number of unbranched alkanes of at least 4 members (excludes halogenated alkanes) is 4. The van der Waals surface area contributed by atoms with Gasteiger partial charge >= 0.3 is 6.18 Å². The molecule has 1 unspecified atom stereocenters. The number of halogens is 9. The predicted octanol–water partition coefficient (Wildman–Crippen LogP) is 11.5. The first-order valence-corrected chi connectivity index (χ1v) is 16.5. The predicted molar refractivity (Wildman–Crippen MR) is 178 cm³/mol. The van der Waals surface area contributed by atoms with E-state index in [0.29, 0.717) is 69.8 Å². The van der Waals surface area contributed by atoms with Crippen LogP contribution in [0.15, 0.2) is 73.3 Å². The molecule has 1 atom stereocenters. The topological polar surface area (TPSA) is 36.9 Å². The molecular weight excluding hydrogens is 703 g/mol. The van der Waals surface area contributed by atoms with Crippen LogP contribution in [0.1, 0.15) is 49.7 Å². The fourth-order valence-electron chi connectivity index (χ4n) is 5.16. The molecule has 13 heteroatoms. The number of hydrogen-bond donors (Lipinski definition) is 0. The first kappa shape index (κ1) is 40.3. The monoisotopic (exact) mass is 740 g/mol. The van der Waals surface area contributed by atoms with Crippen LogP contribution < -0.4 is 9.47 Å². The van der Waals surface area contributed by atoms with Gasteiger partial charge in [-0.15, -0.1) is 0 Å². The van der Waals surface area contributed by atoms with Gasteiger partial charge in [0.15, 0.2) is 6.29 Å². The molecule has 0 aromatic heterocycles. The molecule has 52 heavy (non-hydrogen) atoms. The van der Waals surface area contributed by atoms with Gasteiger partial charge < -0.3 is 18.9 Å². The molecular formula is C39H37F9O4. The van der Waals surface area contributed by atoms with Crippen LogP contribution in [-0.2, 0) is 15.7 Å². The molecule has 0 fully saturated rings. The second-order valence-corrected chi connectivity index (χ2v) is 11.8. The van der Waals surface area contributed by atoms with Crippen molar-refractivity contribution in [2.45, 2.75) is 57.9 Å². The Morgan fingerprint density at radius 2 is 0.962 bits per heavy atom. The first-order chi connectivity index (χ1) is 24.8. The van der Waals surface area contributed by atoms with E-state index < -0.39 is 52.9 Å². The third-order valence-electron chi connectivity index (χ3n) is 7.98. The maximum Gasteiger partial charge on any atom is 0.422 e. The van der Waals surface area contributed by atoms with Gasteiger partial charge in [-0.25, -0.2) is 26.3 Å². The van der Waals surface area contributed by atoms with Gasteiger partial charge in [-0.1, -0.05) is 6.58 Å². The van der Waals surface area contributed by atoms with Crippen LogP contribution in [0.4, 0.5) is 39.5 Å². The van der Waals surface area contributed by atoms with Gasteiger partial charge in [-0.05, 0) is 111 Å². The van der Waals surface area contributed by atoms with Crippen molar-refractivity contribution in [2.75, 3.05) is 26.4 Å². The Morgan fingerprint density at radius 3 is 1.35 bits per heavy atom. The van der Waals surface area contributed by atoms with Crippen molar-refractivity contribution in [3.8, 4) is 33.8 Å². The zero-order chi connectivity index (χ0) is 37.8. The summed E-state index contributed by atoms with van der Waals surface area (Å²) in [5.41, 5.74) is -2.65. The highest BCUT2D eigenvalue weighted by molar-refractivity contribution is 5.66. The number of ether oxygens (including phenoxy) is 4. The van der Waals surface area contributed by atoms with Crippen LogP contribution in [0.3, 0.4) is 0 Å². The van der Waals surface area contributed by atoms with Gasteiger partial charge in [0, 0.05) is 28.8 Å². The molecule has 0 saturated carbocycles. The van der Waals surface area contributed by atoms with Crippen molar-refractivity contribution in [3.05, 3.63) is 119 Å². The number of rotatable bonds is 19. The zero-order valence-electron chi connectivity index (χ0n) is 28.2. The van der Waals surface area contributed by atoms with Crippen molar-refractivity contribution in [3.63, 3.8) is 0 Å². The van der Waals surface area contributed by atoms with E-state index in [1.165, 1.54) is 37.3 Å². The van der Waals surface area contributed by atoms with E-state index in [0.717, 1.165) is 24.6 Å². The Hall–Kier alpha value is -4.49. The van der Waals surface area contributed by atoms with E-state index in [1.807, 2.05) is 0 Å². The molecule has 0 aliphatic carbocycles. The van der Waals surface area contributed by atoms with Gasteiger partial charge in [0.2, 0.25) is 0 Å². The lowest BCUT2D eigenvalue weighted by molar-refractivity contribution is -0.142. The molecule has 0 radical (unpaired) electrons. The second-order valence-electron chi connectivity index (χ2n) is 11.8. The zero-order valence-corrected chi connectivity index (χ0v) is 28.2. The molecule has 0 heterocycles. The largest absolute Gasteiger partial charge is 0.493 e. The molecule has 4 rings (SSSR count). The molecule has 0 aliphatic rings. The van der Waals surface area contributed by atoms with Crippen LogP contribution in [0.5, 0.6) is 11.5 Å². The van der Waals surface area contributed by atoms with Gasteiger partial charge in [0.25, 0.3) is 0 Å². The molecule has 280 valence electrons. The fraction of sp³-hybridized carbons (Fsp3) is 0.333. The Bertz CT molecular complexity index is 1760. The van der Waals surface area contributed by atoms with Crippen LogP contribution in [0.2, 0.25) is 0 Å². The lowest BCUT2D eigenvalue weighted by atomic mass is 10.0. The van der Waals surface area contributed by atoms with E-state index >= 15 is 0 Å². The highest BCUT2D eigenvalue weighted by Crippen LogP contribution is 2.37. The number of hydrogen-bond acceptors (Lipinski definition) is 4. The maximum absolute atomic E-state index is 14.6. The van der Waals surface area contributed by atoms with Gasteiger partial charge in [-0.2, -0.15) is 13.2 Å². The summed E-state index contributed by atoms with van der Waals surface area (Å²) in [6.45, 7) is 6.40. The quantitative estimate of drug-likeness (QED) is 0.0415. The lowest BCUT2D eigenvalue weighted by Gasteiger charge is -2.15. The van der Waals surface area contributed by atoms with Gasteiger partial charge in [0.05, 0.1) is 26.4 Å². The average Bonchev–Trinajstić information content (AvgIpc) is 3.07. The Labute approximate surface area is 295 Å².